The van der Waals surface area contributed by atoms with Gasteiger partial charge in [0.1, 0.15) is 24.1 Å². The minimum atomic E-state index is -1.72. The summed E-state index contributed by atoms with van der Waals surface area (Å²) in [6, 6.07) is 2.26. The average molecular weight is 472 g/mol. The van der Waals surface area contributed by atoms with E-state index in [9.17, 15) is 14.4 Å². The molecule has 27 heavy (non-hydrogen) atoms. The lowest BCUT2D eigenvalue weighted by atomic mass is 9.96. The fourth-order valence-electron chi connectivity index (χ4n) is 3.15. The molecule has 2 fully saturated rings. The van der Waals surface area contributed by atoms with Crippen LogP contribution in [0.5, 0.6) is 0 Å². The number of nitrogens with zero attached hydrogens (tertiary/aromatic N) is 1. The van der Waals surface area contributed by atoms with Gasteiger partial charge < -0.3 is 15.0 Å². The number of ether oxygens (including phenoxy) is 1. The summed E-state index contributed by atoms with van der Waals surface area (Å²) in [5.41, 5.74) is 0. The standard InChI is InChI=1S/C16H17Cl3N2O4S2/c1-15(2)11(14(24)25-7-16(17,18)19)21-12(23)10(13(21)27-15)20-9(22)6-8-4-3-5-26-8/h3-5,10-11,13H,6-7H2,1-2H3,(H,20,22)/t10?,11?,13-/m0/s1. The number of alkyl halides is 3. The fourth-order valence-corrected chi connectivity index (χ4v) is 5.64. The first-order chi connectivity index (χ1) is 12.5. The van der Waals surface area contributed by atoms with E-state index < -0.39 is 33.2 Å². The number of halogens is 3. The van der Waals surface area contributed by atoms with Crippen molar-refractivity contribution >= 4 is 75.7 Å². The Hall–Kier alpha value is -0.670. The third-order valence-electron chi connectivity index (χ3n) is 4.27. The van der Waals surface area contributed by atoms with E-state index in [1.807, 2.05) is 31.4 Å². The van der Waals surface area contributed by atoms with Crippen molar-refractivity contribution in [2.24, 2.45) is 0 Å². The van der Waals surface area contributed by atoms with E-state index in [2.05, 4.69) is 5.32 Å². The zero-order valence-electron chi connectivity index (χ0n) is 14.4. The maximum Gasteiger partial charge on any atom is 0.330 e. The molecule has 1 aromatic rings. The summed E-state index contributed by atoms with van der Waals surface area (Å²) in [6.45, 7) is 3.28. The highest BCUT2D eigenvalue weighted by atomic mass is 35.6. The van der Waals surface area contributed by atoms with E-state index >= 15 is 0 Å². The van der Waals surface area contributed by atoms with Crippen LogP contribution in [0.25, 0.3) is 0 Å². The number of β-lactam (4-membered cyclic amide) rings is 1. The number of rotatable bonds is 5. The number of amides is 2. The second-order valence-corrected chi connectivity index (χ2v) is 12.1. The van der Waals surface area contributed by atoms with Crippen LogP contribution in [0, 0.1) is 0 Å². The molecule has 0 radical (unpaired) electrons. The molecular weight excluding hydrogens is 455 g/mol. The number of hydrogen-bond acceptors (Lipinski definition) is 6. The maximum absolute atomic E-state index is 12.6. The van der Waals surface area contributed by atoms with Gasteiger partial charge in [0.2, 0.25) is 15.6 Å². The molecule has 3 heterocycles. The van der Waals surface area contributed by atoms with E-state index in [4.69, 9.17) is 39.5 Å². The van der Waals surface area contributed by atoms with Crippen LogP contribution in [0.2, 0.25) is 0 Å². The molecule has 6 nitrogen and oxygen atoms in total. The minimum absolute atomic E-state index is 0.219. The monoisotopic (exact) mass is 470 g/mol. The number of esters is 1. The second-order valence-electron chi connectivity index (χ2n) is 6.78. The topological polar surface area (TPSA) is 75.7 Å². The highest BCUT2D eigenvalue weighted by Crippen LogP contribution is 2.51. The van der Waals surface area contributed by atoms with E-state index in [1.165, 1.54) is 28.0 Å². The Bertz CT molecular complexity index is 751. The van der Waals surface area contributed by atoms with Gasteiger partial charge in [-0.25, -0.2) is 4.79 Å². The second kappa shape index (κ2) is 7.63. The molecule has 0 saturated carbocycles. The Morgan fingerprint density at radius 2 is 2.07 bits per heavy atom. The maximum atomic E-state index is 12.6. The molecule has 2 unspecified atom stereocenters. The normalized spacial score (nSPS) is 26.3. The number of carbonyl (C=O) groups excluding carboxylic acids is 3. The van der Waals surface area contributed by atoms with Crippen LogP contribution in [0.15, 0.2) is 17.5 Å². The van der Waals surface area contributed by atoms with E-state index in [-0.39, 0.29) is 23.6 Å². The van der Waals surface area contributed by atoms with Gasteiger partial charge in [-0.05, 0) is 25.3 Å². The number of thiophene rings is 1. The van der Waals surface area contributed by atoms with Crippen LogP contribution in [0.1, 0.15) is 18.7 Å². The van der Waals surface area contributed by atoms with Crippen molar-refractivity contribution in [2.75, 3.05) is 6.61 Å². The van der Waals surface area contributed by atoms with Gasteiger partial charge in [-0.15, -0.1) is 23.1 Å². The third kappa shape index (κ3) is 4.50. The van der Waals surface area contributed by atoms with Crippen LogP contribution in [-0.4, -0.2) is 55.3 Å². The summed E-state index contributed by atoms with van der Waals surface area (Å²) >= 11 is 19.8. The van der Waals surface area contributed by atoms with Gasteiger partial charge in [0.25, 0.3) is 0 Å². The zero-order valence-corrected chi connectivity index (χ0v) is 18.3. The highest BCUT2D eigenvalue weighted by molar-refractivity contribution is 8.01. The largest absolute Gasteiger partial charge is 0.460 e. The number of carbonyl (C=O) groups is 3. The van der Waals surface area contributed by atoms with Gasteiger partial charge >= 0.3 is 5.97 Å². The summed E-state index contributed by atoms with van der Waals surface area (Å²) < 4.78 is 2.77. The molecule has 0 spiro atoms. The number of fused-ring (bicyclic) bond motifs is 1. The Kier molecular flexibility index (Phi) is 5.95. The van der Waals surface area contributed by atoms with Crippen molar-refractivity contribution in [2.45, 2.75) is 46.3 Å². The van der Waals surface area contributed by atoms with Gasteiger partial charge in [0.05, 0.1) is 6.42 Å². The lowest BCUT2D eigenvalue weighted by Crippen LogP contribution is -2.70. The highest BCUT2D eigenvalue weighted by Gasteiger charge is 2.64. The van der Waals surface area contributed by atoms with Crippen LogP contribution in [0.4, 0.5) is 0 Å². The molecule has 1 aromatic heterocycles. The minimum Gasteiger partial charge on any atom is -0.460 e. The van der Waals surface area contributed by atoms with Crippen LogP contribution < -0.4 is 5.32 Å². The van der Waals surface area contributed by atoms with Crippen LogP contribution in [-0.2, 0) is 25.5 Å². The molecule has 3 atom stereocenters. The van der Waals surface area contributed by atoms with Crippen molar-refractivity contribution in [3.63, 3.8) is 0 Å². The Morgan fingerprint density at radius 3 is 2.67 bits per heavy atom. The zero-order chi connectivity index (χ0) is 20.0. The molecule has 0 bridgehead atoms. The fraction of sp³-hybridized carbons (Fsp3) is 0.562. The molecule has 11 heteroatoms. The number of hydrogen-bond donors (Lipinski definition) is 1. The lowest BCUT2D eigenvalue weighted by molar-refractivity contribution is -0.164. The van der Waals surface area contributed by atoms with E-state index in [0.717, 1.165) is 4.88 Å². The van der Waals surface area contributed by atoms with Crippen molar-refractivity contribution in [1.82, 2.24) is 10.2 Å². The van der Waals surface area contributed by atoms with E-state index in [0.29, 0.717) is 0 Å². The molecule has 2 aliphatic heterocycles. The first-order valence-electron chi connectivity index (χ1n) is 8.05. The average Bonchev–Trinajstić information content (AvgIpc) is 3.13. The Morgan fingerprint density at radius 1 is 1.37 bits per heavy atom. The van der Waals surface area contributed by atoms with Crippen molar-refractivity contribution in [3.8, 4) is 0 Å². The molecule has 0 aliphatic carbocycles. The van der Waals surface area contributed by atoms with Gasteiger partial charge in [-0.3, -0.25) is 9.59 Å². The SMILES string of the molecule is CC1(C)S[C@H]2C(NC(=O)Cc3cccs3)C(=O)N2C1C(=O)OCC(Cl)(Cl)Cl. The molecule has 1 N–H and O–H groups in total. The molecule has 2 saturated heterocycles. The lowest BCUT2D eigenvalue weighted by Gasteiger charge is -2.44. The summed E-state index contributed by atoms with van der Waals surface area (Å²) in [5, 5.41) is 4.33. The first kappa shape index (κ1) is 21.0. The number of nitrogens with one attached hydrogen (secondary N) is 1. The third-order valence-corrected chi connectivity index (χ3v) is 7.05. The molecule has 3 rings (SSSR count). The molecular formula is C16H17Cl3N2O4S2. The summed E-state index contributed by atoms with van der Waals surface area (Å²) in [7, 11) is 0. The number of thioether (sulfide) groups is 1. The van der Waals surface area contributed by atoms with Gasteiger partial charge in [-0.2, -0.15) is 0 Å². The van der Waals surface area contributed by atoms with Crippen molar-refractivity contribution in [1.29, 1.82) is 0 Å². The molecule has 148 valence electrons. The molecule has 0 aromatic carbocycles. The van der Waals surface area contributed by atoms with Gasteiger partial charge in [-0.1, -0.05) is 40.9 Å². The predicted octanol–water partition coefficient (Wildman–Crippen LogP) is 2.75. The van der Waals surface area contributed by atoms with Crippen molar-refractivity contribution in [3.05, 3.63) is 22.4 Å². The summed E-state index contributed by atoms with van der Waals surface area (Å²) in [6.07, 6.45) is 0.219. The first-order valence-corrected chi connectivity index (χ1v) is 10.9. The van der Waals surface area contributed by atoms with E-state index in [1.54, 1.807) is 0 Å². The molecule has 2 aliphatic rings. The summed E-state index contributed by atoms with van der Waals surface area (Å²) in [4.78, 5) is 39.7. The summed E-state index contributed by atoms with van der Waals surface area (Å²) in [5.74, 6) is -1.16. The molecule has 2 amide bonds. The predicted molar refractivity (Wildman–Crippen MR) is 107 cm³/mol. The van der Waals surface area contributed by atoms with Gasteiger partial charge in [0.15, 0.2) is 0 Å². The van der Waals surface area contributed by atoms with Crippen LogP contribution >= 0.6 is 57.9 Å². The smallest absolute Gasteiger partial charge is 0.330 e. The Labute approximate surface area is 179 Å². The van der Waals surface area contributed by atoms with Gasteiger partial charge in [0, 0.05) is 9.62 Å². The van der Waals surface area contributed by atoms with Crippen LogP contribution in [0.3, 0.4) is 0 Å². The quantitative estimate of drug-likeness (QED) is 0.406. The Balaban J connectivity index is 1.64. The van der Waals surface area contributed by atoms with Crippen molar-refractivity contribution < 1.29 is 19.1 Å².